The van der Waals surface area contributed by atoms with Crippen molar-refractivity contribution < 1.29 is 35.8 Å². The molecule has 186 valence electrons. The summed E-state index contributed by atoms with van der Waals surface area (Å²) in [6.45, 7) is 2.82. The third-order valence-corrected chi connectivity index (χ3v) is 5.75. The van der Waals surface area contributed by atoms with Crippen molar-refractivity contribution in [3.05, 3.63) is 78.0 Å². The number of nitrogens with zero attached hydrogens (tertiary/aromatic N) is 2. The molecule has 0 saturated carbocycles. The molecule has 35 heavy (non-hydrogen) atoms. The molecule has 0 aliphatic carbocycles. The van der Waals surface area contributed by atoms with Gasteiger partial charge in [0.1, 0.15) is 17.7 Å². The molecule has 2 heterocycles. The van der Waals surface area contributed by atoms with Crippen LogP contribution >= 0.6 is 0 Å². The number of para-hydroxylation sites is 1. The van der Waals surface area contributed by atoms with Gasteiger partial charge in [-0.25, -0.2) is 4.98 Å². The predicted molar refractivity (Wildman–Crippen MR) is 118 cm³/mol. The minimum absolute atomic E-state index is 0.0509. The number of anilines is 1. The van der Waals surface area contributed by atoms with Gasteiger partial charge in [0.2, 0.25) is 0 Å². The molecule has 1 aliphatic rings. The first-order chi connectivity index (χ1) is 16.5. The van der Waals surface area contributed by atoms with Crippen molar-refractivity contribution in [2.24, 2.45) is 5.92 Å². The van der Waals surface area contributed by atoms with E-state index in [0.29, 0.717) is 31.1 Å². The van der Waals surface area contributed by atoms with Gasteiger partial charge in [0.05, 0.1) is 11.1 Å². The second-order valence-electron chi connectivity index (χ2n) is 8.35. The number of halogens is 6. The molecule has 0 bridgehead atoms. The quantitative estimate of drug-likeness (QED) is 0.350. The van der Waals surface area contributed by atoms with Gasteiger partial charge in [-0.1, -0.05) is 25.1 Å². The Hall–Kier alpha value is -3.43. The summed E-state index contributed by atoms with van der Waals surface area (Å²) >= 11 is 0. The molecule has 4 rings (SSSR count). The molecule has 3 aromatic rings. The number of piperidine rings is 1. The van der Waals surface area contributed by atoms with Crippen molar-refractivity contribution in [3.63, 3.8) is 0 Å². The van der Waals surface area contributed by atoms with Crippen LogP contribution in [0.1, 0.15) is 24.5 Å². The van der Waals surface area contributed by atoms with Gasteiger partial charge in [0, 0.05) is 31.6 Å². The van der Waals surface area contributed by atoms with E-state index >= 15 is 0 Å². The molecule has 0 spiro atoms. The molecular weight excluding hydrogens is 474 g/mol. The molecule has 0 unspecified atom stereocenters. The summed E-state index contributed by atoms with van der Waals surface area (Å²) in [5, 5.41) is 0. The fourth-order valence-electron chi connectivity index (χ4n) is 3.89. The molecular formula is C25H22F6N2O2. The number of aromatic nitrogens is 1. The van der Waals surface area contributed by atoms with Crippen LogP contribution < -0.4 is 14.4 Å². The Bertz CT molecular complexity index is 1130. The first kappa shape index (κ1) is 24.7. The highest BCUT2D eigenvalue weighted by atomic mass is 19.4. The maximum atomic E-state index is 13.3. The molecule has 1 fully saturated rings. The van der Waals surface area contributed by atoms with E-state index in [2.05, 4.69) is 4.98 Å². The SMILES string of the molecule is C[C@H]1CN(c2ccc(C(F)(F)F)cn2)CC[C@H]1Oc1ccc(C(F)(F)F)cc1Oc1ccccc1. The predicted octanol–water partition coefficient (Wildman–Crippen LogP) is 7.21. The van der Waals surface area contributed by atoms with Crippen molar-refractivity contribution in [2.45, 2.75) is 31.8 Å². The van der Waals surface area contributed by atoms with Crippen LogP contribution in [-0.2, 0) is 12.4 Å². The van der Waals surface area contributed by atoms with Crippen molar-refractivity contribution in [2.75, 3.05) is 18.0 Å². The molecule has 1 aliphatic heterocycles. The van der Waals surface area contributed by atoms with Gasteiger partial charge < -0.3 is 14.4 Å². The van der Waals surface area contributed by atoms with Gasteiger partial charge in [-0.05, 0) is 42.5 Å². The molecule has 0 N–H and O–H groups in total. The minimum atomic E-state index is -4.54. The first-order valence-corrected chi connectivity index (χ1v) is 10.9. The summed E-state index contributed by atoms with van der Waals surface area (Å²) in [7, 11) is 0. The number of rotatable bonds is 5. The molecule has 4 nitrogen and oxygen atoms in total. The zero-order valence-corrected chi connectivity index (χ0v) is 18.6. The largest absolute Gasteiger partial charge is 0.486 e. The van der Waals surface area contributed by atoms with E-state index < -0.39 is 23.5 Å². The molecule has 1 saturated heterocycles. The van der Waals surface area contributed by atoms with Crippen molar-refractivity contribution in [1.82, 2.24) is 4.98 Å². The number of hydrogen-bond acceptors (Lipinski definition) is 4. The van der Waals surface area contributed by atoms with Gasteiger partial charge in [-0.3, -0.25) is 0 Å². The fraction of sp³-hybridized carbons (Fsp3) is 0.320. The van der Waals surface area contributed by atoms with Gasteiger partial charge in [-0.2, -0.15) is 26.3 Å². The Morgan fingerprint density at radius 1 is 0.857 bits per heavy atom. The van der Waals surface area contributed by atoms with Crippen LogP contribution in [0.2, 0.25) is 0 Å². The summed E-state index contributed by atoms with van der Waals surface area (Å²) in [6.07, 6.45) is -8.04. The summed E-state index contributed by atoms with van der Waals surface area (Å²) in [6, 6.07) is 13.9. The highest BCUT2D eigenvalue weighted by Gasteiger charge is 2.34. The van der Waals surface area contributed by atoms with E-state index in [4.69, 9.17) is 9.47 Å². The van der Waals surface area contributed by atoms with Crippen LogP contribution in [0.3, 0.4) is 0 Å². The Balaban J connectivity index is 1.49. The van der Waals surface area contributed by atoms with E-state index in [-0.39, 0.29) is 23.5 Å². The molecule has 1 aromatic heterocycles. The lowest BCUT2D eigenvalue weighted by atomic mass is 9.96. The molecule has 0 radical (unpaired) electrons. The van der Waals surface area contributed by atoms with Gasteiger partial charge in [-0.15, -0.1) is 0 Å². The fourth-order valence-corrected chi connectivity index (χ4v) is 3.89. The van der Waals surface area contributed by atoms with Crippen molar-refractivity contribution in [1.29, 1.82) is 0 Å². The standard InChI is InChI=1S/C25H22F6N2O2/c1-16-15-33(23-10-8-18(14-32-23)25(29,30)31)12-11-20(16)35-21-9-7-17(24(26,27)28)13-22(21)34-19-5-3-2-4-6-19/h2-10,13-14,16,20H,11-12,15H2,1H3/t16-,20+/m0/s1. The maximum Gasteiger partial charge on any atom is 0.417 e. The normalized spacial score (nSPS) is 18.9. The molecule has 0 amide bonds. The second kappa shape index (κ2) is 9.67. The summed E-state index contributed by atoms with van der Waals surface area (Å²) in [5.74, 6) is 0.837. The smallest absolute Gasteiger partial charge is 0.417 e. The Morgan fingerprint density at radius 3 is 2.14 bits per heavy atom. The van der Waals surface area contributed by atoms with Crippen LogP contribution in [-0.4, -0.2) is 24.2 Å². The Labute approximate surface area is 198 Å². The molecule has 2 aromatic carbocycles. The highest BCUT2D eigenvalue weighted by Crippen LogP contribution is 2.40. The average Bonchev–Trinajstić information content (AvgIpc) is 2.81. The lowest BCUT2D eigenvalue weighted by molar-refractivity contribution is -0.138. The van der Waals surface area contributed by atoms with Gasteiger partial charge >= 0.3 is 12.4 Å². The van der Waals surface area contributed by atoms with Crippen LogP contribution in [0.4, 0.5) is 32.2 Å². The average molecular weight is 496 g/mol. The number of ether oxygens (including phenoxy) is 2. The number of alkyl halides is 6. The number of pyridine rings is 1. The van der Waals surface area contributed by atoms with Crippen LogP contribution in [0, 0.1) is 5.92 Å². The van der Waals surface area contributed by atoms with E-state index in [1.807, 2.05) is 11.8 Å². The first-order valence-electron chi connectivity index (χ1n) is 10.9. The van der Waals surface area contributed by atoms with Crippen molar-refractivity contribution in [3.8, 4) is 17.2 Å². The van der Waals surface area contributed by atoms with E-state index in [1.165, 1.54) is 12.1 Å². The van der Waals surface area contributed by atoms with Crippen molar-refractivity contribution >= 4 is 5.82 Å². The number of hydrogen-bond donors (Lipinski definition) is 0. The monoisotopic (exact) mass is 496 g/mol. The topological polar surface area (TPSA) is 34.6 Å². The molecule has 10 heteroatoms. The molecule has 2 atom stereocenters. The Morgan fingerprint density at radius 2 is 1.54 bits per heavy atom. The van der Waals surface area contributed by atoms with Gasteiger partial charge in [0.25, 0.3) is 0 Å². The zero-order chi connectivity index (χ0) is 25.2. The maximum absolute atomic E-state index is 13.3. The summed E-state index contributed by atoms with van der Waals surface area (Å²) in [4.78, 5) is 5.80. The zero-order valence-electron chi connectivity index (χ0n) is 18.6. The third-order valence-electron chi connectivity index (χ3n) is 5.75. The minimum Gasteiger partial charge on any atom is -0.486 e. The van der Waals surface area contributed by atoms with E-state index in [0.717, 1.165) is 24.4 Å². The third kappa shape index (κ3) is 5.98. The second-order valence-corrected chi connectivity index (χ2v) is 8.35. The van der Waals surface area contributed by atoms with Gasteiger partial charge in [0.15, 0.2) is 11.5 Å². The van der Waals surface area contributed by atoms with Crippen LogP contribution in [0.5, 0.6) is 17.2 Å². The van der Waals surface area contributed by atoms with E-state index in [1.54, 1.807) is 30.3 Å². The summed E-state index contributed by atoms with van der Waals surface area (Å²) in [5.41, 5.74) is -1.67. The summed E-state index contributed by atoms with van der Waals surface area (Å²) < 4.78 is 90.1. The Kier molecular flexibility index (Phi) is 6.82. The van der Waals surface area contributed by atoms with E-state index in [9.17, 15) is 26.3 Å². The van der Waals surface area contributed by atoms with Crippen LogP contribution in [0.15, 0.2) is 66.9 Å². The lowest BCUT2D eigenvalue weighted by Crippen LogP contribution is -2.44. The van der Waals surface area contributed by atoms with Crippen LogP contribution in [0.25, 0.3) is 0 Å². The number of benzene rings is 2. The highest BCUT2D eigenvalue weighted by molar-refractivity contribution is 5.47. The lowest BCUT2D eigenvalue weighted by Gasteiger charge is -2.37.